The van der Waals surface area contributed by atoms with E-state index in [1.165, 1.54) is 16.4 Å². The van der Waals surface area contributed by atoms with Crippen LogP contribution in [0.15, 0.2) is 17.4 Å². The minimum absolute atomic E-state index is 0.136. The molecule has 2 aromatic rings. The molecule has 0 aliphatic heterocycles. The Morgan fingerprint density at radius 1 is 1.47 bits per heavy atom. The zero-order chi connectivity index (χ0) is 12.4. The molecule has 2 rings (SSSR count). The van der Waals surface area contributed by atoms with Gasteiger partial charge >= 0.3 is 0 Å². The number of hydrogen-bond acceptors (Lipinski definition) is 6. The van der Waals surface area contributed by atoms with E-state index in [0.717, 1.165) is 5.56 Å². The van der Waals surface area contributed by atoms with Gasteiger partial charge in [0.2, 0.25) is 5.95 Å². The first-order valence-corrected chi connectivity index (χ1v) is 6.01. The monoisotopic (exact) mass is 246 g/mol. The molecule has 2 aromatic heterocycles. The normalized spacial score (nSPS) is 10.2. The van der Waals surface area contributed by atoms with E-state index in [1.54, 1.807) is 12.4 Å². The SMILES string of the molecule is CSc1nc(N)nc(-n2cc(C)cn2)c1C#N. The van der Waals surface area contributed by atoms with Gasteiger partial charge in [0.15, 0.2) is 5.82 Å². The smallest absolute Gasteiger partial charge is 0.223 e. The number of nitrogens with two attached hydrogens (primary N) is 1. The van der Waals surface area contributed by atoms with Gasteiger partial charge in [-0.2, -0.15) is 15.3 Å². The molecule has 0 aliphatic carbocycles. The number of aryl methyl sites for hydroxylation is 1. The number of nitrogen functional groups attached to an aromatic ring is 1. The Hall–Kier alpha value is -2.07. The molecule has 7 heteroatoms. The maximum absolute atomic E-state index is 9.16. The van der Waals surface area contributed by atoms with Gasteiger partial charge in [-0.05, 0) is 18.7 Å². The van der Waals surface area contributed by atoms with E-state index >= 15 is 0 Å². The average molecular weight is 246 g/mol. The number of nitriles is 1. The first-order valence-electron chi connectivity index (χ1n) is 4.79. The van der Waals surface area contributed by atoms with E-state index in [1.807, 2.05) is 13.2 Å². The summed E-state index contributed by atoms with van der Waals surface area (Å²) in [5, 5.41) is 13.8. The fourth-order valence-electron chi connectivity index (χ4n) is 1.38. The number of hydrogen-bond donors (Lipinski definition) is 1. The number of aromatic nitrogens is 4. The Bertz CT molecular complexity index is 597. The summed E-state index contributed by atoms with van der Waals surface area (Å²) in [6.45, 7) is 1.91. The Morgan fingerprint density at radius 2 is 2.24 bits per heavy atom. The Kier molecular flexibility index (Phi) is 2.97. The lowest BCUT2D eigenvalue weighted by atomic mass is 10.3. The summed E-state index contributed by atoms with van der Waals surface area (Å²) in [6, 6.07) is 2.09. The van der Waals surface area contributed by atoms with Crippen molar-refractivity contribution in [1.29, 1.82) is 5.26 Å². The molecule has 0 spiro atoms. The molecular formula is C10H10N6S. The van der Waals surface area contributed by atoms with E-state index in [-0.39, 0.29) is 5.95 Å². The van der Waals surface area contributed by atoms with Gasteiger partial charge in [0.05, 0.1) is 6.20 Å². The molecule has 86 valence electrons. The third-order valence-electron chi connectivity index (χ3n) is 2.11. The van der Waals surface area contributed by atoms with Crippen molar-refractivity contribution in [1.82, 2.24) is 19.7 Å². The molecule has 0 radical (unpaired) electrons. The van der Waals surface area contributed by atoms with Gasteiger partial charge < -0.3 is 5.73 Å². The molecule has 0 amide bonds. The van der Waals surface area contributed by atoms with E-state index in [9.17, 15) is 0 Å². The molecule has 0 fully saturated rings. The largest absolute Gasteiger partial charge is 0.368 e. The topological polar surface area (TPSA) is 93.4 Å². The van der Waals surface area contributed by atoms with Gasteiger partial charge in [-0.15, -0.1) is 11.8 Å². The summed E-state index contributed by atoms with van der Waals surface area (Å²) in [6.07, 6.45) is 5.31. The predicted octanol–water partition coefficient (Wildman–Crippen LogP) is 1.15. The van der Waals surface area contributed by atoms with E-state index in [2.05, 4.69) is 21.1 Å². The molecule has 2 N–H and O–H groups in total. The van der Waals surface area contributed by atoms with Crippen LogP contribution in [0.5, 0.6) is 0 Å². The molecule has 0 bridgehead atoms. The molecule has 0 aromatic carbocycles. The second-order valence-electron chi connectivity index (χ2n) is 3.36. The summed E-state index contributed by atoms with van der Waals surface area (Å²) >= 11 is 1.36. The van der Waals surface area contributed by atoms with Crippen molar-refractivity contribution in [2.75, 3.05) is 12.0 Å². The van der Waals surface area contributed by atoms with Gasteiger partial charge in [-0.1, -0.05) is 0 Å². The van der Waals surface area contributed by atoms with Crippen LogP contribution in [-0.4, -0.2) is 26.0 Å². The maximum atomic E-state index is 9.16. The lowest BCUT2D eigenvalue weighted by Crippen LogP contribution is -2.08. The number of nitrogens with zero attached hydrogens (tertiary/aromatic N) is 5. The van der Waals surface area contributed by atoms with Crippen molar-refractivity contribution < 1.29 is 0 Å². The zero-order valence-corrected chi connectivity index (χ0v) is 10.2. The number of rotatable bonds is 2. The van der Waals surface area contributed by atoms with Gasteiger partial charge in [0, 0.05) is 6.20 Å². The maximum Gasteiger partial charge on any atom is 0.223 e. The lowest BCUT2D eigenvalue weighted by molar-refractivity contribution is 0.825. The van der Waals surface area contributed by atoms with Gasteiger partial charge in [-0.3, -0.25) is 0 Å². The quantitative estimate of drug-likeness (QED) is 0.631. The molecule has 0 unspecified atom stereocenters. The van der Waals surface area contributed by atoms with Crippen LogP contribution >= 0.6 is 11.8 Å². The fraction of sp³-hybridized carbons (Fsp3) is 0.200. The van der Waals surface area contributed by atoms with Crippen LogP contribution in [0, 0.1) is 18.3 Å². The predicted molar refractivity (Wildman–Crippen MR) is 64.8 cm³/mol. The van der Waals surface area contributed by atoms with Crippen LogP contribution in [0.2, 0.25) is 0 Å². The molecule has 17 heavy (non-hydrogen) atoms. The van der Waals surface area contributed by atoms with Crippen LogP contribution in [-0.2, 0) is 0 Å². The number of anilines is 1. The third kappa shape index (κ3) is 2.07. The summed E-state index contributed by atoms with van der Waals surface area (Å²) in [5.41, 5.74) is 6.98. The molecule has 0 atom stereocenters. The van der Waals surface area contributed by atoms with Crippen LogP contribution in [0.25, 0.3) is 5.82 Å². The Morgan fingerprint density at radius 3 is 2.76 bits per heavy atom. The molecule has 2 heterocycles. The van der Waals surface area contributed by atoms with Crippen LogP contribution in [0.1, 0.15) is 11.1 Å². The Labute approximate surface area is 102 Å². The van der Waals surface area contributed by atoms with Crippen molar-refractivity contribution in [3.05, 3.63) is 23.5 Å². The first-order chi connectivity index (χ1) is 8.15. The third-order valence-corrected chi connectivity index (χ3v) is 2.79. The summed E-state index contributed by atoms with van der Waals surface area (Å²) in [7, 11) is 0. The fourth-order valence-corrected chi connectivity index (χ4v) is 1.91. The highest BCUT2D eigenvalue weighted by atomic mass is 32.2. The molecule has 0 saturated carbocycles. The Balaban J connectivity index is 2.68. The van der Waals surface area contributed by atoms with Crippen LogP contribution < -0.4 is 5.73 Å². The van der Waals surface area contributed by atoms with Gasteiger partial charge in [0.25, 0.3) is 0 Å². The minimum atomic E-state index is 0.136. The van der Waals surface area contributed by atoms with Crippen LogP contribution in [0.3, 0.4) is 0 Å². The van der Waals surface area contributed by atoms with E-state index < -0.39 is 0 Å². The standard InChI is InChI=1S/C10H10N6S/c1-6-4-13-16(5-6)8-7(3-11)9(17-2)15-10(12)14-8/h4-5H,1-2H3,(H2,12,14,15). The first kappa shape index (κ1) is 11.4. The molecular weight excluding hydrogens is 236 g/mol. The molecule has 0 saturated heterocycles. The highest BCUT2D eigenvalue weighted by molar-refractivity contribution is 7.98. The van der Waals surface area contributed by atoms with Crippen molar-refractivity contribution in [3.8, 4) is 11.9 Å². The summed E-state index contributed by atoms with van der Waals surface area (Å²) in [5.74, 6) is 0.550. The molecule has 6 nitrogen and oxygen atoms in total. The highest BCUT2D eigenvalue weighted by Crippen LogP contribution is 2.22. The van der Waals surface area contributed by atoms with Gasteiger partial charge in [-0.25, -0.2) is 9.67 Å². The van der Waals surface area contributed by atoms with Crippen molar-refractivity contribution >= 4 is 17.7 Å². The summed E-state index contributed by atoms with van der Waals surface area (Å²) in [4.78, 5) is 8.09. The van der Waals surface area contributed by atoms with Gasteiger partial charge in [0.1, 0.15) is 16.7 Å². The molecule has 0 aliphatic rings. The van der Waals surface area contributed by atoms with Crippen molar-refractivity contribution in [2.45, 2.75) is 11.9 Å². The average Bonchev–Trinajstić information content (AvgIpc) is 2.74. The van der Waals surface area contributed by atoms with E-state index in [4.69, 9.17) is 11.0 Å². The lowest BCUT2D eigenvalue weighted by Gasteiger charge is -2.06. The van der Waals surface area contributed by atoms with Crippen molar-refractivity contribution in [3.63, 3.8) is 0 Å². The zero-order valence-electron chi connectivity index (χ0n) is 9.38. The van der Waals surface area contributed by atoms with Crippen molar-refractivity contribution in [2.24, 2.45) is 0 Å². The minimum Gasteiger partial charge on any atom is -0.368 e. The number of thioether (sulfide) groups is 1. The second-order valence-corrected chi connectivity index (χ2v) is 4.16. The van der Waals surface area contributed by atoms with Crippen LogP contribution in [0.4, 0.5) is 5.95 Å². The van der Waals surface area contributed by atoms with E-state index in [0.29, 0.717) is 16.4 Å². The highest BCUT2D eigenvalue weighted by Gasteiger charge is 2.14. The second kappa shape index (κ2) is 4.43. The summed E-state index contributed by atoms with van der Waals surface area (Å²) < 4.78 is 1.53.